The van der Waals surface area contributed by atoms with Crippen LogP contribution in [0.3, 0.4) is 0 Å². The average molecular weight is 295 g/mol. The Balaban J connectivity index is 2.43. The third-order valence-corrected chi connectivity index (χ3v) is 4.33. The van der Waals surface area contributed by atoms with E-state index in [4.69, 9.17) is 4.74 Å². The Labute approximate surface area is 125 Å². The molecule has 0 spiro atoms. The van der Waals surface area contributed by atoms with Gasteiger partial charge in [-0.15, -0.1) is 0 Å². The summed E-state index contributed by atoms with van der Waals surface area (Å²) in [5.74, 6) is 0.574. The van der Waals surface area contributed by atoms with Crippen molar-refractivity contribution in [3.05, 3.63) is 23.8 Å². The minimum absolute atomic E-state index is 0.0381. The Morgan fingerprint density at radius 3 is 2.67 bits per heavy atom. The fraction of sp³-hybridized carbons (Fsp3) is 0.625. The maximum atomic E-state index is 11.2. The molecule has 0 aromatic heterocycles. The number of rotatable bonds is 4. The molecule has 1 aromatic carbocycles. The molecule has 3 N–H and O–H groups in total. The van der Waals surface area contributed by atoms with Crippen LogP contribution in [0.1, 0.15) is 24.8 Å². The maximum Gasteiger partial charge on any atom is 0.121 e. The molecule has 0 saturated heterocycles. The van der Waals surface area contributed by atoms with Crippen LogP contribution in [-0.2, 0) is 5.60 Å². The lowest BCUT2D eigenvalue weighted by Crippen LogP contribution is -2.46. The molecule has 0 amide bonds. The topological polar surface area (TPSA) is 73.2 Å². The Morgan fingerprint density at radius 2 is 2.05 bits per heavy atom. The second kappa shape index (κ2) is 6.22. The molecular weight excluding hydrogens is 270 g/mol. The first-order valence-electron chi connectivity index (χ1n) is 7.29. The quantitative estimate of drug-likeness (QED) is 0.781. The molecule has 0 radical (unpaired) electrons. The summed E-state index contributed by atoms with van der Waals surface area (Å²) in [4.78, 5) is 2.02. The van der Waals surface area contributed by atoms with Gasteiger partial charge in [0.05, 0.1) is 18.8 Å². The SMILES string of the molecule is COc1ccc(O)c(C2(O)CC(O)CCC2CN(C)C)c1. The number of hydrogen-bond acceptors (Lipinski definition) is 5. The molecule has 1 fully saturated rings. The first kappa shape index (κ1) is 16.1. The van der Waals surface area contributed by atoms with Crippen LogP contribution in [0.15, 0.2) is 18.2 Å². The fourth-order valence-electron chi connectivity index (χ4n) is 3.26. The summed E-state index contributed by atoms with van der Waals surface area (Å²) in [5.41, 5.74) is -0.812. The fourth-order valence-corrected chi connectivity index (χ4v) is 3.26. The summed E-state index contributed by atoms with van der Waals surface area (Å²) in [5, 5.41) is 31.4. The minimum Gasteiger partial charge on any atom is -0.508 e. The Bertz CT molecular complexity index is 491. The highest BCUT2D eigenvalue weighted by molar-refractivity contribution is 5.43. The predicted octanol–water partition coefficient (Wildman–Crippen LogP) is 1.31. The monoisotopic (exact) mass is 295 g/mol. The number of hydrogen-bond donors (Lipinski definition) is 3. The van der Waals surface area contributed by atoms with Crippen molar-refractivity contribution in [3.63, 3.8) is 0 Å². The Morgan fingerprint density at radius 1 is 1.33 bits per heavy atom. The number of phenols is 1. The van der Waals surface area contributed by atoms with Crippen LogP contribution in [0.5, 0.6) is 11.5 Å². The number of aromatic hydroxyl groups is 1. The first-order chi connectivity index (χ1) is 9.86. The lowest BCUT2D eigenvalue weighted by atomic mass is 9.70. The van der Waals surface area contributed by atoms with Crippen molar-refractivity contribution in [2.75, 3.05) is 27.7 Å². The van der Waals surface area contributed by atoms with E-state index >= 15 is 0 Å². The van der Waals surface area contributed by atoms with E-state index in [0.717, 1.165) is 0 Å². The highest BCUT2D eigenvalue weighted by atomic mass is 16.5. The molecule has 0 bridgehead atoms. The molecule has 5 nitrogen and oxygen atoms in total. The van der Waals surface area contributed by atoms with Gasteiger partial charge >= 0.3 is 0 Å². The molecular formula is C16H25NO4. The molecule has 21 heavy (non-hydrogen) atoms. The van der Waals surface area contributed by atoms with Crippen molar-refractivity contribution < 1.29 is 20.1 Å². The summed E-state index contributed by atoms with van der Waals surface area (Å²) in [6.45, 7) is 0.694. The molecule has 3 unspecified atom stereocenters. The van der Waals surface area contributed by atoms with Crippen LogP contribution >= 0.6 is 0 Å². The summed E-state index contributed by atoms with van der Waals surface area (Å²) in [6, 6.07) is 4.85. The maximum absolute atomic E-state index is 11.2. The third-order valence-electron chi connectivity index (χ3n) is 4.33. The van der Waals surface area contributed by atoms with E-state index in [1.165, 1.54) is 6.07 Å². The lowest BCUT2D eigenvalue weighted by Gasteiger charge is -2.43. The van der Waals surface area contributed by atoms with Crippen molar-refractivity contribution >= 4 is 0 Å². The average Bonchev–Trinajstić information content (AvgIpc) is 2.42. The van der Waals surface area contributed by atoms with Crippen molar-refractivity contribution in [1.82, 2.24) is 4.90 Å². The van der Waals surface area contributed by atoms with Crippen LogP contribution in [0.25, 0.3) is 0 Å². The van der Waals surface area contributed by atoms with Gasteiger partial charge < -0.3 is 25.0 Å². The van der Waals surface area contributed by atoms with Gasteiger partial charge in [-0.1, -0.05) is 0 Å². The van der Waals surface area contributed by atoms with E-state index in [1.54, 1.807) is 19.2 Å². The van der Waals surface area contributed by atoms with Gasteiger partial charge in [0, 0.05) is 24.4 Å². The van der Waals surface area contributed by atoms with Gasteiger partial charge in [0.2, 0.25) is 0 Å². The third kappa shape index (κ3) is 3.31. The normalized spacial score (nSPS) is 29.6. The van der Waals surface area contributed by atoms with E-state index in [-0.39, 0.29) is 18.1 Å². The summed E-state index contributed by atoms with van der Waals surface area (Å²) < 4.78 is 5.19. The molecule has 2 rings (SSSR count). The molecule has 0 aliphatic heterocycles. The highest BCUT2D eigenvalue weighted by Gasteiger charge is 2.45. The molecule has 1 aromatic rings. The molecule has 5 heteroatoms. The van der Waals surface area contributed by atoms with E-state index in [1.807, 2.05) is 19.0 Å². The zero-order chi connectivity index (χ0) is 15.6. The predicted molar refractivity (Wildman–Crippen MR) is 80.5 cm³/mol. The Kier molecular flexibility index (Phi) is 4.76. The Hall–Kier alpha value is -1.30. The molecule has 118 valence electrons. The minimum atomic E-state index is -1.25. The molecule has 0 heterocycles. The molecule has 1 aliphatic carbocycles. The molecule has 1 aliphatic rings. The highest BCUT2D eigenvalue weighted by Crippen LogP contribution is 2.46. The van der Waals surface area contributed by atoms with Crippen LogP contribution in [0.2, 0.25) is 0 Å². The van der Waals surface area contributed by atoms with E-state index in [0.29, 0.717) is 30.7 Å². The van der Waals surface area contributed by atoms with Gasteiger partial charge in [0.15, 0.2) is 0 Å². The van der Waals surface area contributed by atoms with Gasteiger partial charge in [-0.3, -0.25) is 0 Å². The number of aliphatic hydroxyl groups is 2. The van der Waals surface area contributed by atoms with Crippen molar-refractivity contribution in [3.8, 4) is 11.5 Å². The second-order valence-corrected chi connectivity index (χ2v) is 6.20. The number of nitrogens with zero attached hydrogens (tertiary/aromatic N) is 1. The zero-order valence-corrected chi connectivity index (χ0v) is 12.9. The van der Waals surface area contributed by atoms with Crippen LogP contribution in [-0.4, -0.2) is 54.1 Å². The number of ether oxygens (including phenoxy) is 1. The van der Waals surface area contributed by atoms with E-state index in [2.05, 4.69) is 0 Å². The van der Waals surface area contributed by atoms with Crippen molar-refractivity contribution in [2.45, 2.75) is 31.0 Å². The van der Waals surface area contributed by atoms with Gasteiger partial charge in [0.1, 0.15) is 11.5 Å². The van der Waals surface area contributed by atoms with Crippen LogP contribution in [0, 0.1) is 5.92 Å². The summed E-state index contributed by atoms with van der Waals surface area (Å²) in [7, 11) is 5.46. The number of methoxy groups -OCH3 is 1. The largest absolute Gasteiger partial charge is 0.508 e. The number of benzene rings is 1. The number of phenolic OH excluding ortho intramolecular Hbond substituents is 1. The molecule has 1 saturated carbocycles. The van der Waals surface area contributed by atoms with E-state index < -0.39 is 11.7 Å². The van der Waals surface area contributed by atoms with Gasteiger partial charge in [-0.25, -0.2) is 0 Å². The van der Waals surface area contributed by atoms with Gasteiger partial charge in [-0.05, 0) is 45.1 Å². The zero-order valence-electron chi connectivity index (χ0n) is 12.9. The van der Waals surface area contributed by atoms with Crippen LogP contribution in [0.4, 0.5) is 0 Å². The van der Waals surface area contributed by atoms with Crippen molar-refractivity contribution in [2.24, 2.45) is 5.92 Å². The van der Waals surface area contributed by atoms with Crippen molar-refractivity contribution in [1.29, 1.82) is 0 Å². The van der Waals surface area contributed by atoms with Gasteiger partial charge in [-0.2, -0.15) is 0 Å². The number of aliphatic hydroxyl groups excluding tert-OH is 1. The lowest BCUT2D eigenvalue weighted by molar-refractivity contribution is -0.100. The summed E-state index contributed by atoms with van der Waals surface area (Å²) in [6.07, 6.45) is 1.06. The van der Waals surface area contributed by atoms with E-state index in [9.17, 15) is 15.3 Å². The first-order valence-corrected chi connectivity index (χ1v) is 7.29. The standard InChI is InChI=1S/C16H25NO4/c1-17(2)10-11-4-5-12(18)9-16(11,20)14-8-13(21-3)6-7-15(14)19/h6-8,11-12,18-20H,4-5,9-10H2,1-3H3. The van der Waals surface area contributed by atoms with Gasteiger partial charge in [0.25, 0.3) is 0 Å². The second-order valence-electron chi connectivity index (χ2n) is 6.20. The smallest absolute Gasteiger partial charge is 0.121 e. The van der Waals surface area contributed by atoms with Crippen LogP contribution < -0.4 is 4.74 Å². The molecule has 3 atom stereocenters. The summed E-state index contributed by atoms with van der Waals surface area (Å²) >= 11 is 0.